The SMILES string of the molecule is Fc1ccc(NC2CCCc3ccccc32)cc1Br. The van der Waals surface area contributed by atoms with Gasteiger partial charge in [-0.1, -0.05) is 24.3 Å². The Morgan fingerprint density at radius 1 is 1.16 bits per heavy atom. The third-order valence-electron chi connectivity index (χ3n) is 3.63. The van der Waals surface area contributed by atoms with Crippen molar-refractivity contribution in [3.63, 3.8) is 0 Å². The van der Waals surface area contributed by atoms with Crippen LogP contribution in [0.2, 0.25) is 0 Å². The first-order valence-electron chi connectivity index (χ1n) is 6.53. The fourth-order valence-corrected chi connectivity index (χ4v) is 3.07. The molecule has 1 atom stereocenters. The Labute approximate surface area is 121 Å². The smallest absolute Gasteiger partial charge is 0.137 e. The molecule has 0 aliphatic heterocycles. The molecule has 2 aromatic carbocycles. The summed E-state index contributed by atoms with van der Waals surface area (Å²) in [4.78, 5) is 0. The summed E-state index contributed by atoms with van der Waals surface area (Å²) in [6.45, 7) is 0. The Balaban J connectivity index is 1.86. The van der Waals surface area contributed by atoms with Gasteiger partial charge in [0.1, 0.15) is 5.82 Å². The molecule has 0 spiro atoms. The molecule has 19 heavy (non-hydrogen) atoms. The van der Waals surface area contributed by atoms with Crippen molar-refractivity contribution in [3.8, 4) is 0 Å². The maximum atomic E-state index is 13.2. The van der Waals surface area contributed by atoms with Gasteiger partial charge in [0.15, 0.2) is 0 Å². The molecule has 2 aromatic rings. The zero-order valence-corrected chi connectivity index (χ0v) is 12.1. The second-order valence-electron chi connectivity index (χ2n) is 4.92. The normalized spacial score (nSPS) is 17.9. The van der Waals surface area contributed by atoms with E-state index >= 15 is 0 Å². The Kier molecular flexibility index (Phi) is 3.56. The van der Waals surface area contributed by atoms with E-state index in [0.29, 0.717) is 10.5 Å². The molecular weight excluding hydrogens is 305 g/mol. The molecule has 1 aliphatic rings. The summed E-state index contributed by atoms with van der Waals surface area (Å²) in [5.74, 6) is -0.227. The summed E-state index contributed by atoms with van der Waals surface area (Å²) in [5, 5.41) is 3.51. The lowest BCUT2D eigenvalue weighted by atomic mass is 9.87. The molecule has 0 heterocycles. The van der Waals surface area contributed by atoms with E-state index in [1.807, 2.05) is 0 Å². The van der Waals surface area contributed by atoms with Crippen molar-refractivity contribution >= 4 is 21.6 Å². The Morgan fingerprint density at radius 2 is 2.00 bits per heavy atom. The maximum Gasteiger partial charge on any atom is 0.137 e. The molecule has 0 fully saturated rings. The van der Waals surface area contributed by atoms with Crippen molar-refractivity contribution < 1.29 is 4.39 Å². The molecule has 0 aromatic heterocycles. The molecule has 1 aliphatic carbocycles. The summed E-state index contributed by atoms with van der Waals surface area (Å²) in [6.07, 6.45) is 3.46. The van der Waals surface area contributed by atoms with E-state index in [0.717, 1.165) is 18.5 Å². The first-order valence-corrected chi connectivity index (χ1v) is 7.33. The first kappa shape index (κ1) is 12.7. The lowest BCUT2D eigenvalue weighted by Crippen LogP contribution is -2.17. The van der Waals surface area contributed by atoms with Gasteiger partial charge in [-0.3, -0.25) is 0 Å². The summed E-state index contributed by atoms with van der Waals surface area (Å²) < 4.78 is 13.7. The lowest BCUT2D eigenvalue weighted by molar-refractivity contribution is 0.599. The number of fused-ring (bicyclic) bond motifs is 1. The van der Waals surface area contributed by atoms with E-state index in [2.05, 4.69) is 45.5 Å². The van der Waals surface area contributed by atoms with Crippen molar-refractivity contribution in [1.29, 1.82) is 0 Å². The molecule has 0 bridgehead atoms. The maximum absolute atomic E-state index is 13.2. The van der Waals surface area contributed by atoms with Crippen molar-refractivity contribution in [2.75, 3.05) is 5.32 Å². The van der Waals surface area contributed by atoms with Gasteiger partial charge in [-0.15, -0.1) is 0 Å². The largest absolute Gasteiger partial charge is 0.378 e. The quantitative estimate of drug-likeness (QED) is 0.814. The summed E-state index contributed by atoms with van der Waals surface area (Å²) >= 11 is 3.23. The monoisotopic (exact) mass is 319 g/mol. The molecule has 0 amide bonds. The molecule has 1 N–H and O–H groups in total. The van der Waals surface area contributed by atoms with Crippen LogP contribution in [0.25, 0.3) is 0 Å². The molecule has 1 unspecified atom stereocenters. The molecule has 3 rings (SSSR count). The van der Waals surface area contributed by atoms with Gasteiger partial charge in [0.25, 0.3) is 0 Å². The fourth-order valence-electron chi connectivity index (χ4n) is 2.69. The third kappa shape index (κ3) is 2.66. The Morgan fingerprint density at radius 3 is 2.84 bits per heavy atom. The summed E-state index contributed by atoms with van der Waals surface area (Å²) in [5.41, 5.74) is 3.75. The number of rotatable bonds is 2. The van der Waals surface area contributed by atoms with Crippen LogP contribution in [0.4, 0.5) is 10.1 Å². The summed E-state index contributed by atoms with van der Waals surface area (Å²) in [6, 6.07) is 14.0. The van der Waals surface area contributed by atoms with Crippen LogP contribution in [0.3, 0.4) is 0 Å². The van der Waals surface area contributed by atoms with Gasteiger partial charge >= 0.3 is 0 Å². The van der Waals surface area contributed by atoms with Crippen LogP contribution < -0.4 is 5.32 Å². The Hall–Kier alpha value is -1.35. The fraction of sp³-hybridized carbons (Fsp3) is 0.250. The second kappa shape index (κ2) is 5.33. The zero-order valence-electron chi connectivity index (χ0n) is 10.5. The average Bonchev–Trinajstić information content (AvgIpc) is 2.43. The number of hydrogen-bond acceptors (Lipinski definition) is 1. The van der Waals surface area contributed by atoms with Gasteiger partial charge < -0.3 is 5.32 Å². The van der Waals surface area contributed by atoms with Crippen molar-refractivity contribution in [1.82, 2.24) is 0 Å². The van der Waals surface area contributed by atoms with Gasteiger partial charge in [0, 0.05) is 5.69 Å². The minimum atomic E-state index is -0.227. The average molecular weight is 320 g/mol. The van der Waals surface area contributed by atoms with Gasteiger partial charge in [0.2, 0.25) is 0 Å². The standard InChI is InChI=1S/C16H15BrFN/c17-14-10-12(8-9-15(14)18)19-16-7-3-5-11-4-1-2-6-13(11)16/h1-2,4,6,8-10,16,19H,3,5,7H2. The van der Waals surface area contributed by atoms with Crippen LogP contribution in [0.5, 0.6) is 0 Å². The number of aryl methyl sites for hydroxylation is 1. The highest BCUT2D eigenvalue weighted by atomic mass is 79.9. The minimum Gasteiger partial charge on any atom is -0.378 e. The van der Waals surface area contributed by atoms with Crippen molar-refractivity contribution in [2.24, 2.45) is 0 Å². The van der Waals surface area contributed by atoms with E-state index in [-0.39, 0.29) is 5.82 Å². The highest BCUT2D eigenvalue weighted by Crippen LogP contribution is 2.33. The van der Waals surface area contributed by atoms with Crippen LogP contribution in [-0.2, 0) is 6.42 Å². The van der Waals surface area contributed by atoms with Crippen molar-refractivity contribution in [3.05, 3.63) is 63.9 Å². The molecule has 0 saturated heterocycles. The number of halogens is 2. The van der Waals surface area contributed by atoms with Crippen molar-refractivity contribution in [2.45, 2.75) is 25.3 Å². The molecule has 1 nitrogen and oxygen atoms in total. The number of nitrogens with one attached hydrogen (secondary N) is 1. The third-order valence-corrected chi connectivity index (χ3v) is 4.24. The van der Waals surface area contributed by atoms with Crippen LogP contribution in [0.1, 0.15) is 30.0 Å². The Bertz CT molecular complexity index is 597. The number of anilines is 1. The molecule has 0 saturated carbocycles. The van der Waals surface area contributed by atoms with Gasteiger partial charge in [-0.25, -0.2) is 4.39 Å². The number of benzene rings is 2. The molecule has 98 valence electrons. The van der Waals surface area contributed by atoms with Crippen LogP contribution in [0, 0.1) is 5.82 Å². The van der Waals surface area contributed by atoms with E-state index in [1.165, 1.54) is 23.6 Å². The lowest BCUT2D eigenvalue weighted by Gasteiger charge is -2.27. The molecule has 0 radical (unpaired) electrons. The van der Waals surface area contributed by atoms with Crippen LogP contribution in [0.15, 0.2) is 46.9 Å². The topological polar surface area (TPSA) is 12.0 Å². The predicted molar refractivity (Wildman–Crippen MR) is 79.8 cm³/mol. The van der Waals surface area contributed by atoms with Gasteiger partial charge in [-0.05, 0) is 64.5 Å². The highest BCUT2D eigenvalue weighted by Gasteiger charge is 2.19. The van der Waals surface area contributed by atoms with E-state index < -0.39 is 0 Å². The van der Waals surface area contributed by atoms with Gasteiger partial charge in [-0.2, -0.15) is 0 Å². The van der Waals surface area contributed by atoms with Gasteiger partial charge in [0.05, 0.1) is 10.5 Å². The molecular formula is C16H15BrFN. The first-order chi connectivity index (χ1) is 9.24. The summed E-state index contributed by atoms with van der Waals surface area (Å²) in [7, 11) is 0. The highest BCUT2D eigenvalue weighted by molar-refractivity contribution is 9.10. The number of hydrogen-bond donors (Lipinski definition) is 1. The van der Waals surface area contributed by atoms with E-state index in [1.54, 1.807) is 12.1 Å². The van der Waals surface area contributed by atoms with E-state index in [9.17, 15) is 4.39 Å². The van der Waals surface area contributed by atoms with E-state index in [4.69, 9.17) is 0 Å². The minimum absolute atomic E-state index is 0.227. The van der Waals surface area contributed by atoms with Crippen LogP contribution in [-0.4, -0.2) is 0 Å². The molecule has 3 heteroatoms. The second-order valence-corrected chi connectivity index (χ2v) is 5.77. The predicted octanol–water partition coefficient (Wildman–Crippen LogP) is 5.08. The zero-order chi connectivity index (χ0) is 13.2. The van der Waals surface area contributed by atoms with Crippen LogP contribution >= 0.6 is 15.9 Å².